The third kappa shape index (κ3) is 2.83. The third-order valence-electron chi connectivity index (χ3n) is 3.43. The minimum Gasteiger partial charge on any atom is -0.381 e. The van der Waals surface area contributed by atoms with Crippen LogP contribution in [-0.4, -0.2) is 19.3 Å². The van der Waals surface area contributed by atoms with E-state index in [0.717, 1.165) is 32.6 Å². The molecule has 1 aromatic carbocycles. The molecule has 1 fully saturated rings. The van der Waals surface area contributed by atoms with Crippen LogP contribution in [0.25, 0.3) is 0 Å². The highest BCUT2D eigenvalue weighted by Gasteiger charge is 2.13. The topological polar surface area (TPSA) is 21.3 Å². The highest BCUT2D eigenvalue weighted by atomic mass is 16.5. The van der Waals surface area contributed by atoms with Gasteiger partial charge in [-0.3, -0.25) is 0 Å². The van der Waals surface area contributed by atoms with E-state index in [4.69, 9.17) is 4.74 Å². The summed E-state index contributed by atoms with van der Waals surface area (Å²) in [6, 6.07) is 7.14. The van der Waals surface area contributed by atoms with Gasteiger partial charge in [-0.05, 0) is 43.4 Å². The van der Waals surface area contributed by atoms with Gasteiger partial charge in [0.1, 0.15) is 0 Å². The Hall–Kier alpha value is -0.860. The number of aryl methyl sites for hydroxylation is 2. The Balaban J connectivity index is 1.93. The van der Waals surface area contributed by atoms with Crippen molar-refractivity contribution >= 4 is 0 Å². The number of hydrogen-bond donors (Lipinski definition) is 1. The normalized spacial score (nSPS) is 17.6. The van der Waals surface area contributed by atoms with E-state index in [2.05, 4.69) is 37.4 Å². The molecule has 0 aliphatic carbocycles. The van der Waals surface area contributed by atoms with Crippen molar-refractivity contribution in [3.8, 4) is 0 Å². The predicted octanol–water partition coefficient (Wildman–Crippen LogP) is 2.57. The molecule has 0 aromatic heterocycles. The minimum atomic E-state index is 0.632. The Morgan fingerprint density at radius 2 is 1.81 bits per heavy atom. The first kappa shape index (κ1) is 11.6. The Morgan fingerprint density at radius 3 is 2.44 bits per heavy atom. The summed E-state index contributed by atoms with van der Waals surface area (Å²) < 4.78 is 5.36. The summed E-state index contributed by atoms with van der Waals surface area (Å²) in [6.45, 7) is 7.18. The molecular weight excluding hydrogens is 198 g/mol. The van der Waals surface area contributed by atoms with Crippen LogP contribution in [0.3, 0.4) is 0 Å². The summed E-state index contributed by atoms with van der Waals surface area (Å²) in [5.41, 5.74) is 4.23. The molecule has 2 rings (SSSR count). The van der Waals surface area contributed by atoms with Crippen molar-refractivity contribution in [2.24, 2.45) is 0 Å². The lowest BCUT2D eigenvalue weighted by atomic mass is 10.0. The molecule has 0 amide bonds. The van der Waals surface area contributed by atoms with Gasteiger partial charge in [-0.15, -0.1) is 0 Å². The molecule has 0 radical (unpaired) electrons. The van der Waals surface area contributed by atoms with E-state index >= 15 is 0 Å². The molecule has 1 aliphatic rings. The van der Waals surface area contributed by atoms with Gasteiger partial charge in [0.05, 0.1) is 0 Å². The highest BCUT2D eigenvalue weighted by Crippen LogP contribution is 2.14. The van der Waals surface area contributed by atoms with E-state index in [1.54, 1.807) is 0 Å². The van der Waals surface area contributed by atoms with Gasteiger partial charge in [-0.1, -0.05) is 18.2 Å². The van der Waals surface area contributed by atoms with E-state index < -0.39 is 0 Å². The molecule has 16 heavy (non-hydrogen) atoms. The summed E-state index contributed by atoms with van der Waals surface area (Å²) >= 11 is 0. The molecule has 1 heterocycles. The summed E-state index contributed by atoms with van der Waals surface area (Å²) in [7, 11) is 0. The van der Waals surface area contributed by atoms with E-state index in [1.807, 2.05) is 0 Å². The average molecular weight is 219 g/mol. The van der Waals surface area contributed by atoms with Gasteiger partial charge in [0, 0.05) is 25.8 Å². The molecule has 1 aliphatic heterocycles. The Bertz CT molecular complexity index is 322. The first-order valence-electron chi connectivity index (χ1n) is 6.13. The zero-order chi connectivity index (χ0) is 11.4. The molecule has 0 unspecified atom stereocenters. The maximum Gasteiger partial charge on any atom is 0.0480 e. The Labute approximate surface area is 98.0 Å². The van der Waals surface area contributed by atoms with Crippen LogP contribution in [0.1, 0.15) is 29.5 Å². The van der Waals surface area contributed by atoms with Crippen molar-refractivity contribution in [2.45, 2.75) is 39.3 Å². The molecule has 1 saturated heterocycles. The third-order valence-corrected chi connectivity index (χ3v) is 3.43. The van der Waals surface area contributed by atoms with E-state index in [-0.39, 0.29) is 0 Å². The highest BCUT2D eigenvalue weighted by molar-refractivity contribution is 5.33. The lowest BCUT2D eigenvalue weighted by Crippen LogP contribution is -2.34. The van der Waals surface area contributed by atoms with Crippen LogP contribution < -0.4 is 5.32 Å². The zero-order valence-electron chi connectivity index (χ0n) is 10.3. The lowest BCUT2D eigenvalue weighted by molar-refractivity contribution is 0.0776. The van der Waals surface area contributed by atoms with E-state index in [0.29, 0.717) is 6.04 Å². The molecule has 88 valence electrons. The van der Waals surface area contributed by atoms with Gasteiger partial charge in [0.25, 0.3) is 0 Å². The van der Waals surface area contributed by atoms with Crippen molar-refractivity contribution in [3.05, 3.63) is 34.9 Å². The summed E-state index contributed by atoms with van der Waals surface area (Å²) in [5, 5.41) is 3.64. The molecular formula is C14H21NO. The van der Waals surface area contributed by atoms with Gasteiger partial charge in [0.2, 0.25) is 0 Å². The van der Waals surface area contributed by atoms with Gasteiger partial charge < -0.3 is 10.1 Å². The molecule has 1 aromatic rings. The van der Waals surface area contributed by atoms with Crippen LogP contribution in [0.4, 0.5) is 0 Å². The van der Waals surface area contributed by atoms with Crippen molar-refractivity contribution < 1.29 is 4.74 Å². The molecule has 2 nitrogen and oxygen atoms in total. The minimum absolute atomic E-state index is 0.632. The fourth-order valence-corrected chi connectivity index (χ4v) is 2.28. The van der Waals surface area contributed by atoms with Crippen molar-refractivity contribution in [2.75, 3.05) is 13.2 Å². The molecule has 0 spiro atoms. The lowest BCUT2D eigenvalue weighted by Gasteiger charge is -2.24. The maximum atomic E-state index is 5.36. The zero-order valence-corrected chi connectivity index (χ0v) is 10.3. The first-order chi connectivity index (χ1) is 7.77. The van der Waals surface area contributed by atoms with Gasteiger partial charge in [-0.25, -0.2) is 0 Å². The van der Waals surface area contributed by atoms with E-state index in [9.17, 15) is 0 Å². The average Bonchev–Trinajstić information content (AvgIpc) is 2.30. The number of nitrogens with one attached hydrogen (secondary N) is 1. The largest absolute Gasteiger partial charge is 0.381 e. The molecule has 1 N–H and O–H groups in total. The summed E-state index contributed by atoms with van der Waals surface area (Å²) in [5.74, 6) is 0. The fourth-order valence-electron chi connectivity index (χ4n) is 2.28. The second kappa shape index (κ2) is 5.46. The number of benzene rings is 1. The standard InChI is InChI=1S/C14H21NO/c1-11-4-3-5-12(2)14(11)10-15-13-6-8-16-9-7-13/h3-5,13,15H,6-10H2,1-2H3. The number of ether oxygens (including phenoxy) is 1. The smallest absolute Gasteiger partial charge is 0.0480 e. The molecule has 0 atom stereocenters. The van der Waals surface area contributed by atoms with Crippen LogP contribution in [0, 0.1) is 13.8 Å². The maximum absolute atomic E-state index is 5.36. The Morgan fingerprint density at radius 1 is 1.19 bits per heavy atom. The van der Waals surface area contributed by atoms with Crippen LogP contribution in [0.5, 0.6) is 0 Å². The number of hydrogen-bond acceptors (Lipinski definition) is 2. The van der Waals surface area contributed by atoms with Crippen LogP contribution in [0.15, 0.2) is 18.2 Å². The quantitative estimate of drug-likeness (QED) is 0.843. The van der Waals surface area contributed by atoms with Crippen molar-refractivity contribution in [1.82, 2.24) is 5.32 Å². The second-order valence-corrected chi connectivity index (χ2v) is 4.64. The Kier molecular flexibility index (Phi) is 3.97. The van der Waals surface area contributed by atoms with Crippen LogP contribution in [0.2, 0.25) is 0 Å². The summed E-state index contributed by atoms with van der Waals surface area (Å²) in [4.78, 5) is 0. The second-order valence-electron chi connectivity index (χ2n) is 4.64. The van der Waals surface area contributed by atoms with Crippen molar-refractivity contribution in [1.29, 1.82) is 0 Å². The molecule has 2 heteroatoms. The molecule has 0 bridgehead atoms. The van der Waals surface area contributed by atoms with Crippen LogP contribution in [-0.2, 0) is 11.3 Å². The summed E-state index contributed by atoms with van der Waals surface area (Å²) in [6.07, 6.45) is 2.29. The van der Waals surface area contributed by atoms with Crippen LogP contribution >= 0.6 is 0 Å². The predicted molar refractivity (Wildman–Crippen MR) is 66.6 cm³/mol. The SMILES string of the molecule is Cc1cccc(C)c1CNC1CCOCC1. The first-order valence-corrected chi connectivity index (χ1v) is 6.13. The molecule has 0 saturated carbocycles. The van der Waals surface area contributed by atoms with Crippen molar-refractivity contribution in [3.63, 3.8) is 0 Å². The van der Waals surface area contributed by atoms with Gasteiger partial charge >= 0.3 is 0 Å². The monoisotopic (exact) mass is 219 g/mol. The fraction of sp³-hybridized carbons (Fsp3) is 0.571. The van der Waals surface area contributed by atoms with Gasteiger partial charge in [0.15, 0.2) is 0 Å². The van der Waals surface area contributed by atoms with E-state index in [1.165, 1.54) is 16.7 Å². The van der Waals surface area contributed by atoms with Gasteiger partial charge in [-0.2, -0.15) is 0 Å². The number of rotatable bonds is 3.